The van der Waals surface area contributed by atoms with Crippen molar-refractivity contribution in [1.82, 2.24) is 16.0 Å². The topological polar surface area (TPSA) is 194 Å². The highest BCUT2D eigenvalue weighted by Crippen LogP contribution is 2.45. The van der Waals surface area contributed by atoms with Crippen molar-refractivity contribution in [3.8, 4) is 0 Å². The van der Waals surface area contributed by atoms with E-state index in [0.717, 1.165) is 0 Å². The lowest BCUT2D eigenvalue weighted by molar-refractivity contribution is -0.140. The van der Waals surface area contributed by atoms with Crippen LogP contribution < -0.4 is 16.0 Å². The molecule has 0 aromatic heterocycles. The van der Waals surface area contributed by atoms with Gasteiger partial charge in [-0.05, 0) is 81.1 Å². The number of halogens is 2. The first-order chi connectivity index (χ1) is 31.8. The second-order valence-corrected chi connectivity index (χ2v) is 15.8. The molecule has 0 saturated carbocycles. The average molecular weight is 947 g/mol. The number of hydrogen-bond acceptors (Lipinski definition) is 13. The number of amides is 2. The summed E-state index contributed by atoms with van der Waals surface area (Å²) in [5, 5.41) is 9.38. The first-order valence-corrected chi connectivity index (χ1v) is 22.0. The van der Waals surface area contributed by atoms with Gasteiger partial charge in [0.05, 0.1) is 82.2 Å². The van der Waals surface area contributed by atoms with Gasteiger partial charge >= 0.3 is 23.9 Å². The molecule has 17 heteroatoms. The van der Waals surface area contributed by atoms with Crippen LogP contribution in [0.25, 0.3) is 0 Å². The van der Waals surface area contributed by atoms with E-state index in [9.17, 15) is 28.8 Å². The van der Waals surface area contributed by atoms with E-state index in [1.807, 2.05) is 0 Å². The molecule has 2 unspecified atom stereocenters. The van der Waals surface area contributed by atoms with E-state index >= 15 is 0 Å². The van der Waals surface area contributed by atoms with E-state index in [1.54, 1.807) is 94.4 Å². The van der Waals surface area contributed by atoms with Crippen LogP contribution in [-0.2, 0) is 47.6 Å². The van der Waals surface area contributed by atoms with Gasteiger partial charge in [-0.2, -0.15) is 0 Å². The van der Waals surface area contributed by atoms with Crippen LogP contribution in [0.5, 0.6) is 0 Å². The van der Waals surface area contributed by atoms with Crippen molar-refractivity contribution >= 4 is 58.9 Å². The van der Waals surface area contributed by atoms with Gasteiger partial charge < -0.3 is 44.4 Å². The molecule has 3 aromatic carbocycles. The van der Waals surface area contributed by atoms with E-state index < -0.39 is 47.5 Å². The number of ether oxygens (including phenoxy) is 6. The molecule has 1 aliphatic carbocycles. The average Bonchev–Trinajstić information content (AvgIpc) is 3.30. The van der Waals surface area contributed by atoms with Gasteiger partial charge in [-0.3, -0.25) is 9.59 Å². The number of carbonyl (C=O) groups is 6. The summed E-state index contributed by atoms with van der Waals surface area (Å²) in [6, 6.07) is 20.0. The van der Waals surface area contributed by atoms with E-state index in [2.05, 4.69) is 16.0 Å². The third kappa shape index (κ3) is 12.1. The number of rotatable bonds is 20. The van der Waals surface area contributed by atoms with Crippen molar-refractivity contribution in [2.75, 3.05) is 67.0 Å². The summed E-state index contributed by atoms with van der Waals surface area (Å²) in [6.45, 7) is 7.23. The standard InChI is InChI=1S/C49H53Cl2N3O12/c1-7-65-48(59)40-32(24-28(3)38(46(57)61-5)41(40)33-16-9-11-18-35(33)50)26-63-22-20-52-44(55)30-14-13-15-31(25-30)45(56)53-21-23-64-27-37-43(49(60)66-8-2)42(34-17-10-12-19-36(34)51)39(29(4)54-37)47(58)62-6/h9-19,25,41-42,54H,7-8,20-24,26-27H2,1-6H3,(H,52,55)(H,53,56). The minimum Gasteiger partial charge on any atom is -0.466 e. The van der Waals surface area contributed by atoms with Gasteiger partial charge in [0.2, 0.25) is 0 Å². The minimum atomic E-state index is -0.910. The number of hydrogen-bond donors (Lipinski definition) is 3. The van der Waals surface area contributed by atoms with Gasteiger partial charge in [-0.25, -0.2) is 19.2 Å². The molecule has 1 heterocycles. The summed E-state index contributed by atoms with van der Waals surface area (Å²) in [6.07, 6.45) is 0.250. The number of nitrogens with one attached hydrogen (secondary N) is 3. The van der Waals surface area contributed by atoms with Crippen LogP contribution in [0.1, 0.15) is 77.8 Å². The van der Waals surface area contributed by atoms with Gasteiger partial charge in [0.25, 0.3) is 11.8 Å². The second kappa shape index (κ2) is 24.3. The van der Waals surface area contributed by atoms with E-state index in [1.165, 1.54) is 20.3 Å². The van der Waals surface area contributed by atoms with Crippen molar-refractivity contribution in [2.24, 2.45) is 0 Å². The lowest BCUT2D eigenvalue weighted by Crippen LogP contribution is -2.35. The number of dihydropyridines is 1. The molecule has 0 radical (unpaired) electrons. The minimum absolute atomic E-state index is 0.00684. The Kier molecular flexibility index (Phi) is 18.7. The lowest BCUT2D eigenvalue weighted by atomic mass is 9.74. The zero-order valence-electron chi connectivity index (χ0n) is 37.6. The predicted molar refractivity (Wildman–Crippen MR) is 246 cm³/mol. The summed E-state index contributed by atoms with van der Waals surface area (Å²) in [5.41, 5.74) is 4.49. The molecule has 15 nitrogen and oxygen atoms in total. The molecule has 2 aliphatic rings. The molecule has 5 rings (SSSR count). The normalized spacial score (nSPS) is 16.1. The Bertz CT molecular complexity index is 2310. The van der Waals surface area contributed by atoms with Gasteiger partial charge in [0.1, 0.15) is 0 Å². The van der Waals surface area contributed by atoms with Crippen molar-refractivity contribution < 1.29 is 57.2 Å². The fourth-order valence-corrected chi connectivity index (χ4v) is 8.33. The molecule has 66 heavy (non-hydrogen) atoms. The molecule has 1 aliphatic heterocycles. The zero-order chi connectivity index (χ0) is 47.9. The Morgan fingerprint density at radius 2 is 1.11 bits per heavy atom. The summed E-state index contributed by atoms with van der Waals surface area (Å²) >= 11 is 13.2. The number of methoxy groups -OCH3 is 2. The quantitative estimate of drug-likeness (QED) is 0.0618. The van der Waals surface area contributed by atoms with Gasteiger partial charge in [-0.15, -0.1) is 0 Å². The predicted octanol–water partition coefficient (Wildman–Crippen LogP) is 6.67. The fourth-order valence-electron chi connectivity index (χ4n) is 7.84. The van der Waals surface area contributed by atoms with Crippen LogP contribution in [0.2, 0.25) is 10.0 Å². The van der Waals surface area contributed by atoms with Gasteiger partial charge in [0.15, 0.2) is 0 Å². The molecule has 0 spiro atoms. The second-order valence-electron chi connectivity index (χ2n) is 15.0. The number of esters is 4. The van der Waals surface area contributed by atoms with Crippen molar-refractivity contribution in [2.45, 2.75) is 46.0 Å². The fraction of sp³-hybridized carbons (Fsp3) is 0.347. The number of allylic oxidation sites excluding steroid dienone is 2. The zero-order valence-corrected chi connectivity index (χ0v) is 39.1. The molecule has 0 saturated heterocycles. The Hall–Kier alpha value is -6.26. The Morgan fingerprint density at radius 3 is 1.62 bits per heavy atom. The third-order valence-corrected chi connectivity index (χ3v) is 11.4. The maximum Gasteiger partial charge on any atom is 0.336 e. The highest BCUT2D eigenvalue weighted by atomic mass is 35.5. The Balaban J connectivity index is 1.18. The lowest BCUT2D eigenvalue weighted by Gasteiger charge is -2.31. The molecule has 0 bridgehead atoms. The van der Waals surface area contributed by atoms with Crippen molar-refractivity contribution in [3.63, 3.8) is 0 Å². The first kappa shape index (κ1) is 50.7. The highest BCUT2D eigenvalue weighted by molar-refractivity contribution is 6.32. The van der Waals surface area contributed by atoms with Gasteiger partial charge in [-0.1, -0.05) is 71.2 Å². The van der Waals surface area contributed by atoms with Crippen LogP contribution in [0.3, 0.4) is 0 Å². The summed E-state index contributed by atoms with van der Waals surface area (Å²) in [4.78, 5) is 79.4. The molecular formula is C49H53Cl2N3O12. The molecule has 0 fully saturated rings. The van der Waals surface area contributed by atoms with Crippen molar-refractivity contribution in [1.29, 1.82) is 0 Å². The summed E-state index contributed by atoms with van der Waals surface area (Å²) in [7, 11) is 2.53. The van der Waals surface area contributed by atoms with Gasteiger partial charge in [0, 0.05) is 51.4 Å². The highest BCUT2D eigenvalue weighted by Gasteiger charge is 2.41. The molecule has 2 amide bonds. The maximum absolute atomic E-state index is 13.5. The number of benzene rings is 3. The maximum atomic E-state index is 13.5. The van der Waals surface area contributed by atoms with Crippen LogP contribution in [0, 0.1) is 0 Å². The first-order valence-electron chi connectivity index (χ1n) is 21.2. The van der Waals surface area contributed by atoms with Crippen LogP contribution in [0.15, 0.2) is 118 Å². The molecule has 2 atom stereocenters. The smallest absolute Gasteiger partial charge is 0.336 e. The van der Waals surface area contributed by atoms with Crippen molar-refractivity contribution in [3.05, 3.63) is 150 Å². The third-order valence-electron chi connectivity index (χ3n) is 10.7. The molecule has 3 N–H and O–H groups in total. The Morgan fingerprint density at radius 1 is 0.621 bits per heavy atom. The van der Waals surface area contributed by atoms with Crippen LogP contribution >= 0.6 is 23.2 Å². The summed E-state index contributed by atoms with van der Waals surface area (Å²) < 4.78 is 32.9. The molecule has 3 aromatic rings. The van der Waals surface area contributed by atoms with Crippen LogP contribution in [-0.4, -0.2) is 103 Å². The Labute approximate surface area is 393 Å². The largest absolute Gasteiger partial charge is 0.466 e. The SMILES string of the molecule is CCOC(=O)C1=C(COCCNC(=O)c2cccc(C(=O)NCCOCC3=C(C(=O)OCC)C(c4ccccc4Cl)C(C(=O)OC)=C(C)N3)c2)CC(C)=C(C(=O)OC)C1c1ccccc1Cl. The van der Waals surface area contributed by atoms with E-state index in [-0.39, 0.29) is 87.0 Å². The number of carbonyl (C=O) groups excluding carboxylic acids is 6. The molecular weight excluding hydrogens is 893 g/mol. The molecule has 350 valence electrons. The summed E-state index contributed by atoms with van der Waals surface area (Å²) in [5.74, 6) is -5.15. The monoisotopic (exact) mass is 945 g/mol. The van der Waals surface area contributed by atoms with E-state index in [0.29, 0.717) is 49.3 Å². The van der Waals surface area contributed by atoms with Crippen LogP contribution in [0.4, 0.5) is 0 Å². The van der Waals surface area contributed by atoms with E-state index in [4.69, 9.17) is 51.6 Å².